The fourth-order valence-corrected chi connectivity index (χ4v) is 11.4. The van der Waals surface area contributed by atoms with E-state index in [-0.39, 0.29) is 18.9 Å². The molecule has 3 heterocycles. The molecule has 0 aliphatic carbocycles. The number of nitrogens with one attached hydrogen (secondary N) is 1. The van der Waals surface area contributed by atoms with E-state index in [1.54, 1.807) is 0 Å². The summed E-state index contributed by atoms with van der Waals surface area (Å²) >= 11 is 0. The van der Waals surface area contributed by atoms with E-state index in [2.05, 4.69) is 116 Å². The number of allylic oxidation sites excluding steroid dienone is 16. The Kier molecular flexibility index (Phi) is 48.5. The highest BCUT2D eigenvalue weighted by atomic mass is 16.8. The number of amides is 1. The first-order chi connectivity index (χ1) is 44.8. The second-order valence-electron chi connectivity index (χ2n) is 25.0. The largest absolute Gasteiger partial charge is 0.394 e. The van der Waals surface area contributed by atoms with Gasteiger partial charge in [0.25, 0.3) is 0 Å². The molecule has 0 spiro atoms. The SMILES string of the molecule is CC/C=C\C/C=C\C/C=C\C/C=C\C/C=C\C/C=C\C/C=C\C/C=C\CCCCCCCCC(=O)NC(COC1OC(CO)C(OC2OC(CO)C(OC3OC(CO)C(O)C(O)C3O)C(O)C2O)C(O)C1O)C(O)CCCCCCCCCCCCCCCCCC. The van der Waals surface area contributed by atoms with Gasteiger partial charge in [0, 0.05) is 6.42 Å². The van der Waals surface area contributed by atoms with Crippen LogP contribution in [0.2, 0.25) is 0 Å². The van der Waals surface area contributed by atoms with Crippen molar-refractivity contribution in [3.05, 3.63) is 97.2 Å². The summed E-state index contributed by atoms with van der Waals surface area (Å²) in [5.41, 5.74) is 0. The minimum absolute atomic E-state index is 0.243. The van der Waals surface area contributed by atoms with Gasteiger partial charge in [0.1, 0.15) is 73.2 Å². The Balaban J connectivity index is 1.41. The number of ether oxygens (including phenoxy) is 6. The van der Waals surface area contributed by atoms with Gasteiger partial charge in [-0.15, -0.1) is 0 Å². The van der Waals surface area contributed by atoms with Crippen molar-refractivity contribution in [3.8, 4) is 0 Å². The van der Waals surface area contributed by atoms with Crippen LogP contribution >= 0.6 is 0 Å². The molecule has 0 aromatic heterocycles. The molecule has 19 nitrogen and oxygen atoms in total. The molecule has 17 atom stereocenters. The van der Waals surface area contributed by atoms with Crippen molar-refractivity contribution in [2.75, 3.05) is 26.4 Å². The van der Waals surface area contributed by atoms with Gasteiger partial charge in [-0.05, 0) is 77.0 Å². The predicted molar refractivity (Wildman–Crippen MR) is 360 cm³/mol. The first-order valence-corrected chi connectivity index (χ1v) is 35.5. The van der Waals surface area contributed by atoms with Crippen molar-refractivity contribution >= 4 is 5.91 Å². The van der Waals surface area contributed by atoms with Crippen molar-refractivity contribution in [1.29, 1.82) is 0 Å². The van der Waals surface area contributed by atoms with Crippen LogP contribution in [0.4, 0.5) is 0 Å². The molecule has 92 heavy (non-hydrogen) atoms. The summed E-state index contributed by atoms with van der Waals surface area (Å²) in [6.45, 7) is 1.67. The van der Waals surface area contributed by atoms with Gasteiger partial charge in [0.15, 0.2) is 18.9 Å². The van der Waals surface area contributed by atoms with Crippen molar-refractivity contribution in [2.45, 2.75) is 330 Å². The van der Waals surface area contributed by atoms with E-state index in [0.29, 0.717) is 12.8 Å². The van der Waals surface area contributed by atoms with Gasteiger partial charge < -0.3 is 89.9 Å². The lowest BCUT2D eigenvalue weighted by atomic mass is 9.96. The molecule has 12 N–H and O–H groups in total. The molecule has 17 unspecified atom stereocenters. The molecular weight excluding hydrogens is 1180 g/mol. The predicted octanol–water partition coefficient (Wildman–Crippen LogP) is 9.66. The lowest BCUT2D eigenvalue weighted by molar-refractivity contribution is -0.379. The molecular formula is C73H125NO18. The van der Waals surface area contributed by atoms with Crippen molar-refractivity contribution in [3.63, 3.8) is 0 Å². The Morgan fingerprint density at radius 1 is 0.402 bits per heavy atom. The van der Waals surface area contributed by atoms with E-state index in [0.717, 1.165) is 116 Å². The Hall–Kier alpha value is -3.29. The molecule has 0 bridgehead atoms. The van der Waals surface area contributed by atoms with E-state index >= 15 is 0 Å². The van der Waals surface area contributed by atoms with Gasteiger partial charge in [-0.1, -0.05) is 239 Å². The van der Waals surface area contributed by atoms with E-state index in [9.17, 15) is 61.0 Å². The molecule has 0 aromatic carbocycles. The average molecular weight is 1300 g/mol. The number of hydrogen-bond acceptors (Lipinski definition) is 18. The molecule has 3 rings (SSSR count). The molecule has 3 aliphatic rings. The van der Waals surface area contributed by atoms with Gasteiger partial charge in [-0.2, -0.15) is 0 Å². The molecule has 0 saturated carbocycles. The fourth-order valence-electron chi connectivity index (χ4n) is 11.4. The van der Waals surface area contributed by atoms with Gasteiger partial charge in [-0.3, -0.25) is 4.79 Å². The van der Waals surface area contributed by atoms with Crippen LogP contribution in [0.5, 0.6) is 0 Å². The topological polar surface area (TPSA) is 307 Å². The fraction of sp³-hybridized carbons (Fsp3) is 0.767. The zero-order valence-electron chi connectivity index (χ0n) is 56.0. The number of rotatable bonds is 53. The Morgan fingerprint density at radius 2 is 0.750 bits per heavy atom. The summed E-state index contributed by atoms with van der Waals surface area (Å²) in [7, 11) is 0. The Labute approximate surface area is 552 Å². The van der Waals surface area contributed by atoms with Crippen molar-refractivity contribution in [2.24, 2.45) is 0 Å². The lowest BCUT2D eigenvalue weighted by Gasteiger charge is -2.48. The van der Waals surface area contributed by atoms with Gasteiger partial charge in [-0.25, -0.2) is 0 Å². The zero-order valence-corrected chi connectivity index (χ0v) is 56.0. The van der Waals surface area contributed by atoms with Gasteiger partial charge in [0.05, 0.1) is 38.6 Å². The number of unbranched alkanes of at least 4 members (excludes halogenated alkanes) is 21. The normalized spacial score (nSPS) is 28.3. The number of aliphatic hydroxyl groups is 11. The Bertz CT molecular complexity index is 2040. The molecule has 3 fully saturated rings. The van der Waals surface area contributed by atoms with E-state index in [4.69, 9.17) is 28.4 Å². The first-order valence-electron chi connectivity index (χ1n) is 35.5. The molecule has 3 saturated heterocycles. The second kappa shape index (κ2) is 53.8. The third-order valence-electron chi connectivity index (χ3n) is 17.2. The van der Waals surface area contributed by atoms with E-state index < -0.39 is 124 Å². The van der Waals surface area contributed by atoms with Crippen LogP contribution in [0.3, 0.4) is 0 Å². The summed E-state index contributed by atoms with van der Waals surface area (Å²) in [5, 5.41) is 121. The van der Waals surface area contributed by atoms with Crippen LogP contribution in [0, 0.1) is 0 Å². The summed E-state index contributed by atoms with van der Waals surface area (Å²) in [6, 6.07) is -0.903. The summed E-state index contributed by atoms with van der Waals surface area (Å²) in [5.74, 6) is -0.261. The third-order valence-corrected chi connectivity index (χ3v) is 17.2. The van der Waals surface area contributed by atoms with E-state index in [1.807, 2.05) is 0 Å². The van der Waals surface area contributed by atoms with Gasteiger partial charge >= 0.3 is 0 Å². The Morgan fingerprint density at radius 3 is 1.17 bits per heavy atom. The number of hydrogen-bond donors (Lipinski definition) is 12. The highest BCUT2D eigenvalue weighted by Gasteiger charge is 2.53. The molecule has 530 valence electrons. The number of aliphatic hydroxyl groups excluding tert-OH is 11. The number of carbonyl (C=O) groups excluding carboxylic acids is 1. The molecule has 0 aromatic rings. The van der Waals surface area contributed by atoms with Crippen molar-refractivity contribution < 1.29 is 89.4 Å². The van der Waals surface area contributed by atoms with Crippen LogP contribution in [-0.2, 0) is 33.2 Å². The minimum Gasteiger partial charge on any atom is -0.394 e. The van der Waals surface area contributed by atoms with Crippen LogP contribution in [0.15, 0.2) is 97.2 Å². The van der Waals surface area contributed by atoms with Crippen LogP contribution in [0.1, 0.15) is 226 Å². The zero-order chi connectivity index (χ0) is 66.8. The smallest absolute Gasteiger partial charge is 0.220 e. The minimum atomic E-state index is -1.98. The average Bonchev–Trinajstić information content (AvgIpc) is 0.834. The highest BCUT2D eigenvalue weighted by molar-refractivity contribution is 5.76. The molecule has 1 amide bonds. The molecule has 19 heteroatoms. The first kappa shape index (κ1) is 82.9. The summed E-state index contributed by atoms with van der Waals surface area (Å²) in [6.07, 6.45) is 43.3. The molecule has 0 radical (unpaired) electrons. The standard InChI is InChI=1S/C73H125NO18/c1-3-5-7-9-11-13-15-17-19-21-22-23-24-25-26-27-28-29-30-31-32-33-34-35-37-39-41-43-45-47-49-51-61(79)74-56(57(78)50-48-46-44-42-40-38-36-20-18-16-14-12-10-8-6-4-2)55-87-71-67(85)64(82)69(59(53-76)89-71)92-73-68(86)65(83)70(60(54-77)90-73)91-72-66(84)63(81)62(80)58(52-75)88-72/h5,7,11,13,17,19,22-23,25-26,28-29,31-32,34-35,56-60,62-73,75-78,80-86H,3-4,6,8-10,12,14-16,18,20-21,24,27,30,33,36-55H2,1-2H3,(H,74,79)/b7-5-,13-11-,19-17-,23-22-,26-25-,29-28-,32-31-,35-34-. The number of carbonyl (C=O) groups is 1. The van der Waals surface area contributed by atoms with Crippen LogP contribution in [-0.4, -0.2) is 193 Å². The summed E-state index contributed by atoms with van der Waals surface area (Å²) in [4.78, 5) is 13.4. The van der Waals surface area contributed by atoms with Gasteiger partial charge in [0.2, 0.25) is 5.91 Å². The van der Waals surface area contributed by atoms with Crippen molar-refractivity contribution in [1.82, 2.24) is 5.32 Å². The second-order valence-corrected chi connectivity index (χ2v) is 25.0. The lowest BCUT2D eigenvalue weighted by Crippen LogP contribution is -2.66. The van der Waals surface area contributed by atoms with Crippen LogP contribution < -0.4 is 5.32 Å². The third kappa shape index (κ3) is 35.1. The van der Waals surface area contributed by atoms with Crippen LogP contribution in [0.25, 0.3) is 0 Å². The highest BCUT2D eigenvalue weighted by Crippen LogP contribution is 2.33. The maximum Gasteiger partial charge on any atom is 0.220 e. The quantitative estimate of drug-likeness (QED) is 0.0199. The monoisotopic (exact) mass is 1300 g/mol. The van der Waals surface area contributed by atoms with E-state index in [1.165, 1.54) is 77.0 Å². The summed E-state index contributed by atoms with van der Waals surface area (Å²) < 4.78 is 34.4. The molecule has 3 aliphatic heterocycles. The maximum absolute atomic E-state index is 13.4. The maximum atomic E-state index is 13.4.